The first-order chi connectivity index (χ1) is 12.7. The van der Waals surface area contributed by atoms with Crippen molar-refractivity contribution in [2.45, 2.75) is 47.3 Å². The summed E-state index contributed by atoms with van der Waals surface area (Å²) in [5.41, 5.74) is -0.215. The maximum Gasteiger partial charge on any atom is 0.360 e. The highest BCUT2D eigenvalue weighted by atomic mass is 16.5. The van der Waals surface area contributed by atoms with Crippen molar-refractivity contribution in [1.29, 1.82) is 0 Å². The number of amides is 1. The van der Waals surface area contributed by atoms with Crippen molar-refractivity contribution >= 4 is 22.6 Å². The maximum atomic E-state index is 12.7. The van der Waals surface area contributed by atoms with Crippen LogP contribution in [0.2, 0.25) is 0 Å². The van der Waals surface area contributed by atoms with Crippen LogP contribution >= 0.6 is 0 Å². The lowest BCUT2D eigenvalue weighted by molar-refractivity contribution is -0.129. The van der Waals surface area contributed by atoms with Crippen LogP contribution in [0, 0.1) is 11.8 Å². The number of fused-ring (bicyclic) bond motifs is 1. The molecule has 1 aromatic carbocycles. The van der Waals surface area contributed by atoms with Gasteiger partial charge >= 0.3 is 5.97 Å². The first kappa shape index (κ1) is 20.6. The van der Waals surface area contributed by atoms with Gasteiger partial charge in [-0.3, -0.25) is 9.59 Å². The number of benzene rings is 1. The molecule has 1 unspecified atom stereocenters. The number of ether oxygens (including phenoxy) is 1. The van der Waals surface area contributed by atoms with Crippen LogP contribution in [0.15, 0.2) is 29.1 Å². The summed E-state index contributed by atoms with van der Waals surface area (Å²) in [4.78, 5) is 37.4. The van der Waals surface area contributed by atoms with Crippen molar-refractivity contribution in [3.8, 4) is 0 Å². The second kappa shape index (κ2) is 8.79. The molecule has 0 radical (unpaired) electrons. The fourth-order valence-electron chi connectivity index (χ4n) is 2.57. The lowest BCUT2D eigenvalue weighted by Crippen LogP contribution is -2.38. The monoisotopic (exact) mass is 373 g/mol. The van der Waals surface area contributed by atoms with E-state index in [4.69, 9.17) is 4.74 Å². The number of hydrogen-bond acceptors (Lipinski definition) is 5. The second-order valence-electron chi connectivity index (χ2n) is 7.46. The minimum atomic E-state index is -0.956. The van der Waals surface area contributed by atoms with Crippen LogP contribution in [0.25, 0.3) is 10.8 Å². The van der Waals surface area contributed by atoms with Gasteiger partial charge in [0.15, 0.2) is 11.8 Å². The van der Waals surface area contributed by atoms with Crippen LogP contribution in [0.1, 0.15) is 45.1 Å². The number of carbonyl (C=O) groups excluding carboxylic acids is 2. The van der Waals surface area contributed by atoms with Gasteiger partial charge in [-0.1, -0.05) is 45.9 Å². The molecule has 1 atom stereocenters. The Morgan fingerprint density at radius 1 is 1.07 bits per heavy atom. The van der Waals surface area contributed by atoms with Gasteiger partial charge in [0.25, 0.3) is 11.5 Å². The molecule has 2 aromatic rings. The molecule has 0 fully saturated rings. The zero-order chi connectivity index (χ0) is 20.1. The predicted molar refractivity (Wildman–Crippen MR) is 104 cm³/mol. The van der Waals surface area contributed by atoms with Gasteiger partial charge in [0.1, 0.15) is 0 Å². The highest BCUT2D eigenvalue weighted by molar-refractivity contribution is 6.02. The van der Waals surface area contributed by atoms with E-state index in [-0.39, 0.29) is 23.1 Å². The zero-order valence-electron chi connectivity index (χ0n) is 16.5. The topological polar surface area (TPSA) is 90.3 Å². The molecule has 27 heavy (non-hydrogen) atoms. The number of carbonyl (C=O) groups is 2. The Bertz CT molecular complexity index is 886. The lowest BCUT2D eigenvalue weighted by Gasteiger charge is -2.16. The molecular formula is C20H27N3O4. The van der Waals surface area contributed by atoms with Gasteiger partial charge in [-0.15, -0.1) is 0 Å². The Labute approximate surface area is 158 Å². The molecular weight excluding hydrogens is 346 g/mol. The molecule has 1 aromatic heterocycles. The standard InChI is InChI=1S/C20H27N3O4/c1-12(2)10-21-18(24)14(5)27-20(26)17-15-8-6-7-9-16(15)19(25)23(22-17)11-13(3)4/h6-9,12-14H,10-11H2,1-5H3,(H,21,24). The number of rotatable bonds is 7. The second-order valence-corrected chi connectivity index (χ2v) is 7.46. The summed E-state index contributed by atoms with van der Waals surface area (Å²) in [6.45, 7) is 10.3. The summed E-state index contributed by atoms with van der Waals surface area (Å²) in [5, 5.41) is 7.77. The molecule has 1 N–H and O–H groups in total. The smallest absolute Gasteiger partial charge is 0.360 e. The quantitative estimate of drug-likeness (QED) is 0.753. The third-order valence-electron chi connectivity index (χ3n) is 3.94. The van der Waals surface area contributed by atoms with E-state index in [1.54, 1.807) is 24.3 Å². The average molecular weight is 373 g/mol. The van der Waals surface area contributed by atoms with Gasteiger partial charge in [-0.25, -0.2) is 9.48 Å². The normalized spacial score (nSPS) is 12.4. The first-order valence-corrected chi connectivity index (χ1v) is 9.19. The SMILES string of the molecule is CC(C)CNC(=O)C(C)OC(=O)c1nn(CC(C)C)c(=O)c2ccccc12. The van der Waals surface area contributed by atoms with Crippen LogP contribution < -0.4 is 10.9 Å². The Balaban J connectivity index is 2.33. The third kappa shape index (κ3) is 5.15. The molecule has 0 aliphatic rings. The minimum absolute atomic E-state index is 0.0364. The summed E-state index contributed by atoms with van der Waals surface area (Å²) in [6, 6.07) is 6.78. The molecule has 1 amide bonds. The number of aromatic nitrogens is 2. The fraction of sp³-hybridized carbons (Fsp3) is 0.500. The molecule has 0 aliphatic heterocycles. The lowest BCUT2D eigenvalue weighted by atomic mass is 10.1. The Kier molecular flexibility index (Phi) is 6.71. The van der Waals surface area contributed by atoms with E-state index < -0.39 is 12.1 Å². The molecule has 2 rings (SSSR count). The van der Waals surface area contributed by atoms with Gasteiger partial charge in [-0.2, -0.15) is 5.10 Å². The third-order valence-corrected chi connectivity index (χ3v) is 3.94. The Morgan fingerprint density at radius 3 is 2.30 bits per heavy atom. The molecule has 1 heterocycles. The Hall–Kier alpha value is -2.70. The fourth-order valence-corrected chi connectivity index (χ4v) is 2.57. The van der Waals surface area contributed by atoms with Crippen LogP contribution in [-0.4, -0.2) is 34.3 Å². The van der Waals surface area contributed by atoms with E-state index in [9.17, 15) is 14.4 Å². The van der Waals surface area contributed by atoms with Crippen LogP contribution in [0.4, 0.5) is 0 Å². The van der Waals surface area contributed by atoms with E-state index >= 15 is 0 Å². The van der Waals surface area contributed by atoms with Crippen molar-refractivity contribution < 1.29 is 14.3 Å². The van der Waals surface area contributed by atoms with Crippen LogP contribution in [0.3, 0.4) is 0 Å². The van der Waals surface area contributed by atoms with Crippen molar-refractivity contribution in [1.82, 2.24) is 15.1 Å². The largest absolute Gasteiger partial charge is 0.448 e. The summed E-state index contributed by atoms with van der Waals surface area (Å²) in [7, 11) is 0. The van der Waals surface area contributed by atoms with Crippen molar-refractivity contribution in [3.05, 3.63) is 40.3 Å². The molecule has 0 bridgehead atoms. The number of nitrogens with zero attached hydrogens (tertiary/aromatic N) is 2. The van der Waals surface area contributed by atoms with Crippen molar-refractivity contribution in [3.63, 3.8) is 0 Å². The van der Waals surface area contributed by atoms with Crippen molar-refractivity contribution in [2.24, 2.45) is 11.8 Å². The van der Waals surface area contributed by atoms with Gasteiger partial charge < -0.3 is 10.1 Å². The average Bonchev–Trinajstić information content (AvgIpc) is 2.61. The molecule has 0 saturated carbocycles. The minimum Gasteiger partial charge on any atom is -0.448 e. The van der Waals surface area contributed by atoms with E-state index in [1.165, 1.54) is 11.6 Å². The number of hydrogen-bond donors (Lipinski definition) is 1. The van der Waals surface area contributed by atoms with E-state index in [0.717, 1.165) is 0 Å². The number of esters is 1. The zero-order valence-corrected chi connectivity index (χ0v) is 16.5. The molecule has 0 spiro atoms. The van der Waals surface area contributed by atoms with Crippen LogP contribution in [0.5, 0.6) is 0 Å². The highest BCUT2D eigenvalue weighted by Crippen LogP contribution is 2.15. The summed E-state index contributed by atoms with van der Waals surface area (Å²) in [6.07, 6.45) is -0.956. The van der Waals surface area contributed by atoms with Gasteiger partial charge in [0, 0.05) is 18.5 Å². The van der Waals surface area contributed by atoms with E-state index in [2.05, 4.69) is 10.4 Å². The van der Waals surface area contributed by atoms with E-state index in [1.807, 2.05) is 27.7 Å². The first-order valence-electron chi connectivity index (χ1n) is 9.19. The van der Waals surface area contributed by atoms with Gasteiger partial charge in [0.2, 0.25) is 0 Å². The number of nitrogens with one attached hydrogen (secondary N) is 1. The molecule has 7 heteroatoms. The van der Waals surface area contributed by atoms with E-state index in [0.29, 0.717) is 29.8 Å². The summed E-state index contributed by atoms with van der Waals surface area (Å²) >= 11 is 0. The molecule has 0 aliphatic carbocycles. The van der Waals surface area contributed by atoms with Crippen LogP contribution in [-0.2, 0) is 16.1 Å². The summed E-state index contributed by atoms with van der Waals surface area (Å²) in [5.74, 6) is -0.615. The predicted octanol–water partition coefficient (Wildman–Crippen LogP) is 2.37. The molecule has 0 saturated heterocycles. The highest BCUT2D eigenvalue weighted by Gasteiger charge is 2.23. The maximum absolute atomic E-state index is 12.7. The Morgan fingerprint density at radius 2 is 1.70 bits per heavy atom. The van der Waals surface area contributed by atoms with Gasteiger partial charge in [0.05, 0.1) is 5.39 Å². The summed E-state index contributed by atoms with van der Waals surface area (Å²) < 4.78 is 6.59. The molecule has 146 valence electrons. The van der Waals surface area contributed by atoms with Crippen molar-refractivity contribution in [2.75, 3.05) is 6.54 Å². The molecule has 7 nitrogen and oxygen atoms in total. The van der Waals surface area contributed by atoms with Gasteiger partial charge in [-0.05, 0) is 24.8 Å².